The zero-order chi connectivity index (χ0) is 11.6. The SMILES string of the molecule is O=C(/C=C/CCCO)OCc1ccccc1. The zero-order valence-electron chi connectivity index (χ0n) is 9.13. The molecule has 1 aromatic carbocycles. The lowest BCUT2D eigenvalue weighted by atomic mass is 10.2. The lowest BCUT2D eigenvalue weighted by Crippen LogP contribution is -2.00. The van der Waals surface area contributed by atoms with E-state index in [0.717, 1.165) is 5.56 Å². The predicted molar refractivity (Wildman–Crippen MR) is 61.7 cm³/mol. The van der Waals surface area contributed by atoms with E-state index in [4.69, 9.17) is 9.84 Å². The highest BCUT2D eigenvalue weighted by Gasteiger charge is 1.97. The Bertz CT molecular complexity index is 330. The van der Waals surface area contributed by atoms with E-state index in [1.807, 2.05) is 30.3 Å². The summed E-state index contributed by atoms with van der Waals surface area (Å²) in [6.07, 6.45) is 4.47. The third-order valence-corrected chi connectivity index (χ3v) is 2.01. The fourth-order valence-electron chi connectivity index (χ4n) is 1.17. The molecule has 0 saturated heterocycles. The van der Waals surface area contributed by atoms with Crippen molar-refractivity contribution in [2.75, 3.05) is 6.61 Å². The number of allylic oxidation sites excluding steroid dienone is 1. The van der Waals surface area contributed by atoms with Crippen molar-refractivity contribution in [1.29, 1.82) is 0 Å². The predicted octanol–water partition coefficient (Wildman–Crippen LogP) is 2.06. The van der Waals surface area contributed by atoms with Gasteiger partial charge in [0.2, 0.25) is 0 Å². The van der Waals surface area contributed by atoms with Gasteiger partial charge in [-0.05, 0) is 18.4 Å². The van der Waals surface area contributed by atoms with Crippen LogP contribution in [0.15, 0.2) is 42.5 Å². The van der Waals surface area contributed by atoms with E-state index in [1.54, 1.807) is 6.08 Å². The molecule has 1 aromatic rings. The molecule has 0 unspecified atom stereocenters. The molecule has 1 rings (SSSR count). The van der Waals surface area contributed by atoms with Crippen LogP contribution in [0, 0.1) is 0 Å². The summed E-state index contributed by atoms with van der Waals surface area (Å²) < 4.78 is 5.02. The number of benzene rings is 1. The van der Waals surface area contributed by atoms with Crippen LogP contribution in [0.2, 0.25) is 0 Å². The van der Waals surface area contributed by atoms with Crippen LogP contribution < -0.4 is 0 Å². The first-order valence-corrected chi connectivity index (χ1v) is 5.31. The van der Waals surface area contributed by atoms with Gasteiger partial charge in [-0.15, -0.1) is 0 Å². The lowest BCUT2D eigenvalue weighted by molar-refractivity contribution is -0.139. The van der Waals surface area contributed by atoms with Crippen molar-refractivity contribution >= 4 is 5.97 Å². The third kappa shape index (κ3) is 5.32. The van der Waals surface area contributed by atoms with Crippen LogP contribution in [0.4, 0.5) is 0 Å². The molecule has 0 aliphatic carbocycles. The highest BCUT2D eigenvalue weighted by molar-refractivity contribution is 5.81. The van der Waals surface area contributed by atoms with Crippen molar-refractivity contribution < 1.29 is 14.6 Å². The van der Waals surface area contributed by atoms with Gasteiger partial charge in [-0.25, -0.2) is 4.79 Å². The molecule has 0 radical (unpaired) electrons. The summed E-state index contributed by atoms with van der Waals surface area (Å²) in [6, 6.07) is 9.53. The number of aliphatic hydroxyl groups is 1. The van der Waals surface area contributed by atoms with E-state index in [1.165, 1.54) is 6.08 Å². The van der Waals surface area contributed by atoms with Crippen LogP contribution >= 0.6 is 0 Å². The van der Waals surface area contributed by atoms with E-state index in [9.17, 15) is 4.79 Å². The van der Waals surface area contributed by atoms with Gasteiger partial charge in [0.25, 0.3) is 0 Å². The van der Waals surface area contributed by atoms with Crippen molar-refractivity contribution in [1.82, 2.24) is 0 Å². The van der Waals surface area contributed by atoms with Crippen molar-refractivity contribution in [2.45, 2.75) is 19.4 Å². The van der Waals surface area contributed by atoms with Gasteiger partial charge in [-0.3, -0.25) is 0 Å². The molecule has 86 valence electrons. The molecule has 0 heterocycles. The number of hydrogen-bond acceptors (Lipinski definition) is 3. The Morgan fingerprint density at radius 3 is 2.75 bits per heavy atom. The lowest BCUT2D eigenvalue weighted by Gasteiger charge is -2.01. The van der Waals surface area contributed by atoms with E-state index in [2.05, 4.69) is 0 Å². The molecule has 1 N–H and O–H groups in total. The second-order valence-electron chi connectivity index (χ2n) is 3.36. The van der Waals surface area contributed by atoms with Crippen LogP contribution in [0.5, 0.6) is 0 Å². The molecule has 3 nitrogen and oxygen atoms in total. The molecule has 0 atom stereocenters. The first kappa shape index (κ1) is 12.5. The molecule has 0 aliphatic rings. The minimum atomic E-state index is -0.346. The van der Waals surface area contributed by atoms with Crippen LogP contribution in [-0.4, -0.2) is 17.7 Å². The highest BCUT2D eigenvalue weighted by Crippen LogP contribution is 2.01. The fraction of sp³-hybridized carbons (Fsp3) is 0.308. The minimum absolute atomic E-state index is 0.142. The normalized spacial score (nSPS) is 10.6. The fourth-order valence-corrected chi connectivity index (χ4v) is 1.17. The molecule has 0 fully saturated rings. The van der Waals surface area contributed by atoms with Crippen LogP contribution in [0.3, 0.4) is 0 Å². The molecule has 0 aromatic heterocycles. The molecule has 0 spiro atoms. The molecular weight excluding hydrogens is 204 g/mol. The molecular formula is C13H16O3. The van der Waals surface area contributed by atoms with Crippen LogP contribution in [-0.2, 0) is 16.1 Å². The summed E-state index contributed by atoms with van der Waals surface area (Å²) in [4.78, 5) is 11.2. The molecule has 0 saturated carbocycles. The number of esters is 1. The molecule has 0 aliphatic heterocycles. The number of ether oxygens (including phenoxy) is 1. The number of aliphatic hydroxyl groups excluding tert-OH is 1. The summed E-state index contributed by atoms with van der Waals surface area (Å²) in [6.45, 7) is 0.438. The summed E-state index contributed by atoms with van der Waals surface area (Å²) >= 11 is 0. The quantitative estimate of drug-likeness (QED) is 0.453. The average molecular weight is 220 g/mol. The first-order valence-electron chi connectivity index (χ1n) is 5.31. The van der Waals surface area contributed by atoms with Crippen molar-refractivity contribution in [3.05, 3.63) is 48.0 Å². The zero-order valence-corrected chi connectivity index (χ0v) is 9.13. The standard InChI is InChI=1S/C13H16O3/c14-10-6-2-5-9-13(15)16-11-12-7-3-1-4-8-12/h1,3-5,7-9,14H,2,6,10-11H2/b9-5+. The first-order chi connectivity index (χ1) is 7.83. The number of carbonyl (C=O) groups excluding carboxylic acids is 1. The topological polar surface area (TPSA) is 46.5 Å². The van der Waals surface area contributed by atoms with E-state index >= 15 is 0 Å². The molecule has 16 heavy (non-hydrogen) atoms. The Hall–Kier alpha value is -1.61. The van der Waals surface area contributed by atoms with Crippen molar-refractivity contribution in [3.63, 3.8) is 0 Å². The number of rotatable bonds is 6. The van der Waals surface area contributed by atoms with Gasteiger partial charge >= 0.3 is 5.97 Å². The minimum Gasteiger partial charge on any atom is -0.458 e. The van der Waals surface area contributed by atoms with Gasteiger partial charge in [0.05, 0.1) is 0 Å². The largest absolute Gasteiger partial charge is 0.458 e. The van der Waals surface area contributed by atoms with Gasteiger partial charge in [-0.2, -0.15) is 0 Å². The summed E-state index contributed by atoms with van der Waals surface area (Å²) in [5.74, 6) is -0.346. The Labute approximate surface area is 95.4 Å². The number of carbonyl (C=O) groups is 1. The van der Waals surface area contributed by atoms with Crippen LogP contribution in [0.25, 0.3) is 0 Å². The van der Waals surface area contributed by atoms with Gasteiger partial charge in [0.15, 0.2) is 0 Å². The monoisotopic (exact) mass is 220 g/mol. The smallest absolute Gasteiger partial charge is 0.330 e. The Balaban J connectivity index is 2.23. The summed E-state index contributed by atoms with van der Waals surface area (Å²) in [5, 5.41) is 8.53. The second kappa shape index (κ2) is 7.65. The van der Waals surface area contributed by atoms with Gasteiger partial charge < -0.3 is 9.84 Å². The Morgan fingerprint density at radius 1 is 1.31 bits per heavy atom. The number of unbranched alkanes of at least 4 members (excludes halogenated alkanes) is 1. The third-order valence-electron chi connectivity index (χ3n) is 2.01. The average Bonchev–Trinajstić information content (AvgIpc) is 2.33. The maximum atomic E-state index is 11.2. The van der Waals surface area contributed by atoms with E-state index in [0.29, 0.717) is 19.4 Å². The van der Waals surface area contributed by atoms with Gasteiger partial charge in [0.1, 0.15) is 6.61 Å². The summed E-state index contributed by atoms with van der Waals surface area (Å²) in [5.41, 5.74) is 0.972. The Morgan fingerprint density at radius 2 is 2.06 bits per heavy atom. The molecule has 3 heteroatoms. The van der Waals surface area contributed by atoms with Crippen molar-refractivity contribution in [2.24, 2.45) is 0 Å². The molecule has 0 amide bonds. The van der Waals surface area contributed by atoms with E-state index in [-0.39, 0.29) is 12.6 Å². The van der Waals surface area contributed by atoms with Crippen molar-refractivity contribution in [3.8, 4) is 0 Å². The Kier molecular flexibility index (Phi) is 5.96. The maximum Gasteiger partial charge on any atom is 0.330 e. The molecule has 0 bridgehead atoms. The maximum absolute atomic E-state index is 11.2. The summed E-state index contributed by atoms with van der Waals surface area (Å²) in [7, 11) is 0. The van der Waals surface area contributed by atoms with Gasteiger partial charge in [0, 0.05) is 12.7 Å². The van der Waals surface area contributed by atoms with Gasteiger partial charge in [-0.1, -0.05) is 36.4 Å². The highest BCUT2D eigenvalue weighted by atomic mass is 16.5. The van der Waals surface area contributed by atoms with E-state index < -0.39 is 0 Å². The second-order valence-corrected chi connectivity index (χ2v) is 3.36. The number of hydrogen-bond donors (Lipinski definition) is 1. The van der Waals surface area contributed by atoms with Crippen LogP contribution in [0.1, 0.15) is 18.4 Å².